The van der Waals surface area contributed by atoms with Crippen LogP contribution in [0.4, 0.5) is 0 Å². The van der Waals surface area contributed by atoms with Gasteiger partial charge in [0.1, 0.15) is 0 Å². The first kappa shape index (κ1) is 9.43. The van der Waals surface area contributed by atoms with Crippen molar-refractivity contribution in [1.29, 1.82) is 0 Å². The second kappa shape index (κ2) is 3.83. The van der Waals surface area contributed by atoms with Gasteiger partial charge in [0.05, 0.1) is 6.61 Å². The summed E-state index contributed by atoms with van der Waals surface area (Å²) >= 11 is 0. The maximum Gasteiger partial charge on any atom is 0.197 e. The topological polar surface area (TPSA) is 39.2 Å². The molecule has 0 aliphatic carbocycles. The van der Waals surface area contributed by atoms with Crippen LogP contribution in [0.3, 0.4) is 0 Å². The summed E-state index contributed by atoms with van der Waals surface area (Å²) in [6.45, 7) is 3.57. The van der Waals surface area contributed by atoms with E-state index < -0.39 is 7.37 Å². The van der Waals surface area contributed by atoms with Crippen LogP contribution in [0, 0.1) is 0 Å². The van der Waals surface area contributed by atoms with Gasteiger partial charge in [-0.15, -0.1) is 0 Å². The zero-order chi connectivity index (χ0) is 9.03. The predicted molar refractivity (Wildman–Crippen MR) is 48.5 cm³/mol. The Balaban J connectivity index is 2.50. The third-order valence-corrected chi connectivity index (χ3v) is 2.02. The zero-order valence-corrected chi connectivity index (χ0v) is 8.12. The minimum atomic E-state index is -2.36. The second-order valence-corrected chi connectivity index (χ2v) is 5.65. The minimum absolute atomic E-state index is 0.373. The molecule has 1 heterocycles. The van der Waals surface area contributed by atoms with Gasteiger partial charge >= 0.3 is 0 Å². The van der Waals surface area contributed by atoms with E-state index in [1.165, 1.54) is 0 Å². The zero-order valence-electron chi connectivity index (χ0n) is 7.23. The predicted octanol–water partition coefficient (Wildman–Crippen LogP) is 2.14. The molecule has 1 aromatic heterocycles. The summed E-state index contributed by atoms with van der Waals surface area (Å²) < 4.78 is 16.3. The number of aromatic nitrogens is 1. The van der Waals surface area contributed by atoms with Crippen molar-refractivity contribution in [2.24, 2.45) is 0 Å². The van der Waals surface area contributed by atoms with Gasteiger partial charge in [-0.1, -0.05) is 6.07 Å². The lowest BCUT2D eigenvalue weighted by Crippen LogP contribution is -1.89. The van der Waals surface area contributed by atoms with Crippen LogP contribution in [0.1, 0.15) is 5.56 Å². The molecule has 3 nitrogen and oxygen atoms in total. The van der Waals surface area contributed by atoms with E-state index in [1.54, 1.807) is 25.7 Å². The van der Waals surface area contributed by atoms with E-state index in [0.717, 1.165) is 5.56 Å². The molecule has 66 valence electrons. The van der Waals surface area contributed by atoms with Crippen LogP contribution < -0.4 is 0 Å². The third kappa shape index (κ3) is 3.65. The molecule has 0 radical (unpaired) electrons. The van der Waals surface area contributed by atoms with Gasteiger partial charge in [0.25, 0.3) is 0 Å². The van der Waals surface area contributed by atoms with Gasteiger partial charge < -0.3 is 4.52 Å². The second-order valence-electron chi connectivity index (χ2n) is 2.89. The summed E-state index contributed by atoms with van der Waals surface area (Å²) in [5.74, 6) is 0. The molecule has 0 atom stereocenters. The van der Waals surface area contributed by atoms with E-state index in [1.807, 2.05) is 12.1 Å². The first-order valence-corrected chi connectivity index (χ1v) is 6.18. The lowest BCUT2D eigenvalue weighted by Gasteiger charge is -2.07. The molecule has 0 bridgehead atoms. The Kier molecular flexibility index (Phi) is 3.01. The van der Waals surface area contributed by atoms with Crippen LogP contribution in [0.15, 0.2) is 24.5 Å². The van der Waals surface area contributed by atoms with E-state index in [-0.39, 0.29) is 0 Å². The molecule has 1 rings (SSSR count). The Morgan fingerprint density at radius 1 is 1.58 bits per heavy atom. The van der Waals surface area contributed by atoms with E-state index in [0.29, 0.717) is 6.61 Å². The van der Waals surface area contributed by atoms with Crippen LogP contribution in [-0.2, 0) is 15.7 Å². The van der Waals surface area contributed by atoms with Crippen molar-refractivity contribution in [1.82, 2.24) is 4.98 Å². The van der Waals surface area contributed by atoms with Crippen molar-refractivity contribution in [3.05, 3.63) is 30.1 Å². The van der Waals surface area contributed by atoms with E-state index >= 15 is 0 Å². The van der Waals surface area contributed by atoms with Crippen LogP contribution in [0.2, 0.25) is 0 Å². The Bertz CT molecular complexity index is 280. The normalized spacial score (nSPS) is 11.5. The number of pyridine rings is 1. The third-order valence-electron chi connectivity index (χ3n) is 1.26. The molecule has 12 heavy (non-hydrogen) atoms. The molecule has 0 amide bonds. The molecule has 0 N–H and O–H groups in total. The van der Waals surface area contributed by atoms with Gasteiger partial charge in [-0.05, 0) is 11.6 Å². The number of hydrogen-bond donors (Lipinski definition) is 0. The van der Waals surface area contributed by atoms with Crippen molar-refractivity contribution in [2.75, 3.05) is 13.3 Å². The first-order chi connectivity index (χ1) is 5.58. The van der Waals surface area contributed by atoms with Gasteiger partial charge in [0.2, 0.25) is 0 Å². The molecule has 0 saturated carbocycles. The summed E-state index contributed by atoms with van der Waals surface area (Å²) in [4.78, 5) is 3.92. The molecular formula is C8H12NO2P. The molecule has 0 aliphatic rings. The number of hydrogen-bond acceptors (Lipinski definition) is 3. The van der Waals surface area contributed by atoms with Crippen LogP contribution in [0.25, 0.3) is 0 Å². The van der Waals surface area contributed by atoms with Gasteiger partial charge in [0.15, 0.2) is 7.37 Å². The van der Waals surface area contributed by atoms with Gasteiger partial charge in [-0.3, -0.25) is 9.55 Å². The van der Waals surface area contributed by atoms with Crippen LogP contribution in [-0.4, -0.2) is 18.3 Å². The fourth-order valence-electron chi connectivity index (χ4n) is 0.713. The fourth-order valence-corrected chi connectivity index (χ4v) is 1.17. The highest BCUT2D eigenvalue weighted by Gasteiger charge is 2.06. The summed E-state index contributed by atoms with van der Waals surface area (Å²) in [6, 6.07) is 3.72. The SMILES string of the molecule is CP(C)(=O)OCc1cccnc1. The highest BCUT2D eigenvalue weighted by atomic mass is 31.2. The number of rotatable bonds is 3. The maximum absolute atomic E-state index is 11.1. The van der Waals surface area contributed by atoms with Gasteiger partial charge in [-0.25, -0.2) is 0 Å². The fraction of sp³-hybridized carbons (Fsp3) is 0.375. The van der Waals surface area contributed by atoms with Crippen molar-refractivity contribution in [3.63, 3.8) is 0 Å². The van der Waals surface area contributed by atoms with Crippen LogP contribution >= 0.6 is 7.37 Å². The quantitative estimate of drug-likeness (QED) is 0.677. The monoisotopic (exact) mass is 185 g/mol. The molecule has 0 saturated heterocycles. The van der Waals surface area contributed by atoms with Gasteiger partial charge in [-0.2, -0.15) is 0 Å². The Morgan fingerprint density at radius 2 is 2.33 bits per heavy atom. The average Bonchev–Trinajstić information content (AvgIpc) is 2.02. The van der Waals surface area contributed by atoms with Gasteiger partial charge in [0, 0.05) is 25.7 Å². The van der Waals surface area contributed by atoms with Crippen molar-refractivity contribution >= 4 is 7.37 Å². The molecule has 1 aromatic rings. The smallest absolute Gasteiger partial charge is 0.197 e. The maximum atomic E-state index is 11.1. The van der Waals surface area contributed by atoms with Crippen LogP contribution in [0.5, 0.6) is 0 Å². The average molecular weight is 185 g/mol. The lowest BCUT2D eigenvalue weighted by atomic mass is 10.3. The standard InChI is InChI=1S/C8H12NO2P/c1-12(2,10)11-7-8-4-3-5-9-6-8/h3-6H,7H2,1-2H3. The largest absolute Gasteiger partial charge is 0.324 e. The summed E-state index contributed by atoms with van der Waals surface area (Å²) in [5, 5.41) is 0. The van der Waals surface area contributed by atoms with E-state index in [9.17, 15) is 4.57 Å². The molecular weight excluding hydrogens is 173 g/mol. The number of nitrogens with zero attached hydrogens (tertiary/aromatic N) is 1. The Hall–Kier alpha value is -0.660. The highest BCUT2D eigenvalue weighted by Crippen LogP contribution is 2.38. The van der Waals surface area contributed by atoms with Crippen molar-refractivity contribution in [3.8, 4) is 0 Å². The molecule has 0 aliphatic heterocycles. The minimum Gasteiger partial charge on any atom is -0.324 e. The molecule has 0 fully saturated rings. The highest BCUT2D eigenvalue weighted by molar-refractivity contribution is 7.57. The molecule has 0 aromatic carbocycles. The summed E-state index contributed by atoms with van der Waals surface area (Å²) in [5.41, 5.74) is 0.946. The molecule has 4 heteroatoms. The van der Waals surface area contributed by atoms with Crippen molar-refractivity contribution in [2.45, 2.75) is 6.61 Å². The molecule has 0 spiro atoms. The lowest BCUT2D eigenvalue weighted by molar-refractivity contribution is 0.310. The first-order valence-electron chi connectivity index (χ1n) is 3.66. The molecule has 0 unspecified atom stereocenters. The summed E-state index contributed by atoms with van der Waals surface area (Å²) in [6.07, 6.45) is 3.40. The Labute approximate surface area is 72.2 Å². The van der Waals surface area contributed by atoms with Crippen molar-refractivity contribution < 1.29 is 9.09 Å². The summed E-state index contributed by atoms with van der Waals surface area (Å²) in [7, 11) is -2.36. The Morgan fingerprint density at radius 3 is 2.83 bits per heavy atom. The van der Waals surface area contributed by atoms with E-state index in [2.05, 4.69) is 4.98 Å². The van der Waals surface area contributed by atoms with E-state index in [4.69, 9.17) is 4.52 Å².